The average molecular weight is 362 g/mol. The van der Waals surface area contributed by atoms with Crippen molar-refractivity contribution in [3.05, 3.63) is 30.1 Å². The molecule has 3 rings (SSSR count). The second-order valence-corrected chi connectivity index (χ2v) is 7.95. The maximum atomic E-state index is 8.63. The topological polar surface area (TPSA) is 67.4 Å². The molecule has 2 heterocycles. The molecule has 0 radical (unpaired) electrons. The zero-order valence-corrected chi connectivity index (χ0v) is 15.0. The molecule has 0 fully saturated rings. The minimum atomic E-state index is 0.525. The van der Waals surface area contributed by atoms with Gasteiger partial charge in [0.15, 0.2) is 9.50 Å². The van der Waals surface area contributed by atoms with Crippen LogP contribution in [0.4, 0.5) is 0 Å². The molecule has 0 N–H and O–H groups in total. The zero-order valence-electron chi connectivity index (χ0n) is 12.6. The molecule has 0 aliphatic rings. The van der Waals surface area contributed by atoms with Crippen LogP contribution in [0.3, 0.4) is 0 Å². The summed E-state index contributed by atoms with van der Waals surface area (Å²) in [6.45, 7) is 2.92. The van der Waals surface area contributed by atoms with Gasteiger partial charge in [-0.3, -0.25) is 0 Å². The third-order valence-corrected chi connectivity index (χ3v) is 6.30. The second-order valence-electron chi connectivity index (χ2n) is 4.64. The Kier molecular flexibility index (Phi) is 5.54. The molecule has 0 amide bonds. The molecular weight excluding hydrogens is 346 g/mol. The number of hydrogen-bond acceptors (Lipinski definition) is 7. The van der Waals surface area contributed by atoms with Gasteiger partial charge in [-0.25, -0.2) is 4.98 Å². The van der Waals surface area contributed by atoms with Gasteiger partial charge in [-0.15, -0.1) is 21.5 Å². The fraction of sp³-hybridized carbons (Fsp3) is 0.333. The molecule has 0 atom stereocenters. The first-order valence-electron chi connectivity index (χ1n) is 7.22. The Bertz CT molecular complexity index is 800. The Morgan fingerprint density at radius 1 is 1.26 bits per heavy atom. The monoisotopic (exact) mass is 361 g/mol. The molecule has 2 aromatic heterocycles. The van der Waals surface area contributed by atoms with Crippen molar-refractivity contribution in [2.75, 3.05) is 5.75 Å². The van der Waals surface area contributed by atoms with Crippen LogP contribution < -0.4 is 0 Å². The van der Waals surface area contributed by atoms with Crippen LogP contribution in [0.5, 0.6) is 0 Å². The van der Waals surface area contributed by atoms with Crippen molar-refractivity contribution in [3.63, 3.8) is 0 Å². The lowest BCUT2D eigenvalue weighted by molar-refractivity contribution is 0.659. The van der Waals surface area contributed by atoms with Gasteiger partial charge in [0.05, 0.1) is 22.0 Å². The maximum absolute atomic E-state index is 8.63. The van der Waals surface area contributed by atoms with E-state index in [1.807, 2.05) is 18.2 Å². The van der Waals surface area contributed by atoms with Crippen LogP contribution in [0, 0.1) is 11.3 Å². The van der Waals surface area contributed by atoms with E-state index in [2.05, 4.69) is 38.8 Å². The average Bonchev–Trinajstić information content (AvgIpc) is 3.16. The molecule has 0 saturated heterocycles. The van der Waals surface area contributed by atoms with E-state index in [4.69, 9.17) is 5.26 Å². The van der Waals surface area contributed by atoms with Gasteiger partial charge in [0.25, 0.3) is 0 Å². The van der Waals surface area contributed by atoms with Crippen molar-refractivity contribution in [2.45, 2.75) is 35.1 Å². The number of hydrogen-bond donors (Lipinski definition) is 0. The van der Waals surface area contributed by atoms with E-state index in [0.717, 1.165) is 38.9 Å². The number of rotatable bonds is 7. The summed E-state index contributed by atoms with van der Waals surface area (Å²) in [5.74, 6) is 2.45. The van der Waals surface area contributed by atoms with E-state index in [-0.39, 0.29) is 0 Å². The molecule has 0 bridgehead atoms. The Morgan fingerprint density at radius 2 is 2.13 bits per heavy atom. The summed E-state index contributed by atoms with van der Waals surface area (Å²) in [5, 5.41) is 18.1. The summed E-state index contributed by atoms with van der Waals surface area (Å²) in [4.78, 5) is 4.63. The lowest BCUT2D eigenvalue weighted by Crippen LogP contribution is -2.02. The normalized spacial score (nSPS) is 11.0. The van der Waals surface area contributed by atoms with Crippen molar-refractivity contribution >= 4 is 45.1 Å². The molecule has 0 aliphatic heterocycles. The Morgan fingerprint density at radius 3 is 2.91 bits per heavy atom. The minimum Gasteiger partial charge on any atom is -0.306 e. The third kappa shape index (κ3) is 3.86. The predicted molar refractivity (Wildman–Crippen MR) is 95.8 cm³/mol. The van der Waals surface area contributed by atoms with Gasteiger partial charge < -0.3 is 4.57 Å². The van der Waals surface area contributed by atoms with Crippen LogP contribution in [0.2, 0.25) is 0 Å². The number of thioether (sulfide) groups is 2. The summed E-state index contributed by atoms with van der Waals surface area (Å²) >= 11 is 4.99. The largest absolute Gasteiger partial charge is 0.306 e. The van der Waals surface area contributed by atoms with Crippen LogP contribution in [-0.2, 0) is 12.3 Å². The summed E-state index contributed by atoms with van der Waals surface area (Å²) < 4.78 is 4.37. The summed E-state index contributed by atoms with van der Waals surface area (Å²) in [6, 6.07) is 10.3. The molecule has 5 nitrogen and oxygen atoms in total. The van der Waals surface area contributed by atoms with Gasteiger partial charge in [0, 0.05) is 18.7 Å². The SMILES string of the molecule is CCn1c(CSc2nc3ccccc3s2)nnc1SCCC#N. The van der Waals surface area contributed by atoms with Crippen LogP contribution in [0.15, 0.2) is 33.8 Å². The van der Waals surface area contributed by atoms with Crippen molar-refractivity contribution < 1.29 is 0 Å². The summed E-state index contributed by atoms with van der Waals surface area (Å²) in [6.07, 6.45) is 0.525. The highest BCUT2D eigenvalue weighted by Gasteiger charge is 2.12. The van der Waals surface area contributed by atoms with Crippen LogP contribution in [0.1, 0.15) is 19.2 Å². The Balaban J connectivity index is 1.68. The van der Waals surface area contributed by atoms with E-state index < -0.39 is 0 Å². The third-order valence-electron chi connectivity index (χ3n) is 3.15. The first-order valence-corrected chi connectivity index (χ1v) is 10.0. The number of aromatic nitrogens is 4. The van der Waals surface area contributed by atoms with E-state index in [1.165, 1.54) is 4.70 Å². The quantitative estimate of drug-likeness (QED) is 0.464. The van der Waals surface area contributed by atoms with Gasteiger partial charge >= 0.3 is 0 Å². The van der Waals surface area contributed by atoms with Crippen molar-refractivity contribution in [3.8, 4) is 6.07 Å². The van der Waals surface area contributed by atoms with Crippen LogP contribution in [-0.4, -0.2) is 25.5 Å². The fourth-order valence-corrected chi connectivity index (χ4v) is 4.95. The van der Waals surface area contributed by atoms with Crippen LogP contribution >= 0.6 is 34.9 Å². The fourth-order valence-electron chi connectivity index (χ4n) is 2.08. The molecule has 3 aromatic rings. The highest BCUT2D eigenvalue weighted by Crippen LogP contribution is 2.31. The smallest absolute Gasteiger partial charge is 0.191 e. The minimum absolute atomic E-state index is 0.525. The lowest BCUT2D eigenvalue weighted by atomic mass is 10.3. The number of benzene rings is 1. The molecule has 0 saturated carbocycles. The van der Waals surface area contributed by atoms with E-state index >= 15 is 0 Å². The summed E-state index contributed by atoms with van der Waals surface area (Å²) in [5.41, 5.74) is 1.05. The van der Waals surface area contributed by atoms with Crippen molar-refractivity contribution in [2.24, 2.45) is 0 Å². The Hall–Kier alpha value is -1.56. The number of nitrogens with zero attached hydrogens (tertiary/aromatic N) is 5. The molecule has 0 spiro atoms. The first kappa shape index (κ1) is 16.3. The lowest BCUT2D eigenvalue weighted by Gasteiger charge is -2.05. The second kappa shape index (κ2) is 7.81. The number of nitriles is 1. The molecule has 0 unspecified atom stereocenters. The standard InChI is InChI=1S/C15H15N5S3/c1-2-20-13(18-19-14(20)21-9-5-8-16)10-22-15-17-11-6-3-4-7-12(11)23-15/h3-4,6-7H,2,5,9-10H2,1H3. The van der Waals surface area contributed by atoms with Gasteiger partial charge in [0.2, 0.25) is 0 Å². The molecule has 8 heteroatoms. The summed E-state index contributed by atoms with van der Waals surface area (Å²) in [7, 11) is 0. The Labute approximate surface area is 147 Å². The maximum Gasteiger partial charge on any atom is 0.191 e. The number of thiazole rings is 1. The van der Waals surface area contributed by atoms with Gasteiger partial charge in [-0.05, 0) is 19.1 Å². The zero-order chi connectivity index (χ0) is 16.1. The molecule has 118 valence electrons. The molecule has 23 heavy (non-hydrogen) atoms. The molecule has 0 aliphatic carbocycles. The van der Waals surface area contributed by atoms with Crippen molar-refractivity contribution in [1.29, 1.82) is 5.26 Å². The first-order chi connectivity index (χ1) is 11.3. The van der Waals surface area contributed by atoms with Crippen LogP contribution in [0.25, 0.3) is 10.2 Å². The van der Waals surface area contributed by atoms with Gasteiger partial charge in [-0.2, -0.15) is 5.26 Å². The molecular formula is C15H15N5S3. The number of fused-ring (bicyclic) bond motifs is 1. The van der Waals surface area contributed by atoms with Crippen molar-refractivity contribution in [1.82, 2.24) is 19.7 Å². The highest BCUT2D eigenvalue weighted by molar-refractivity contribution is 8.00. The number of para-hydroxylation sites is 1. The van der Waals surface area contributed by atoms with Gasteiger partial charge in [0.1, 0.15) is 5.82 Å². The predicted octanol–water partition coefficient (Wildman–Crippen LogP) is 4.21. The van der Waals surface area contributed by atoms with E-state index in [1.54, 1.807) is 34.9 Å². The van der Waals surface area contributed by atoms with E-state index in [9.17, 15) is 0 Å². The van der Waals surface area contributed by atoms with E-state index in [0.29, 0.717) is 6.42 Å². The highest BCUT2D eigenvalue weighted by atomic mass is 32.2. The molecule has 1 aromatic carbocycles. The van der Waals surface area contributed by atoms with Gasteiger partial charge in [-0.1, -0.05) is 35.7 Å².